The minimum absolute atomic E-state index is 0.775. The molecule has 0 bridgehead atoms. The minimum atomic E-state index is 0.775. The van der Waals surface area contributed by atoms with E-state index in [0.29, 0.717) is 0 Å². The summed E-state index contributed by atoms with van der Waals surface area (Å²) >= 11 is 0. The minimum Gasteiger partial charge on any atom is -0.494 e. The number of nitrogens with one attached hydrogen (secondary N) is 1. The summed E-state index contributed by atoms with van der Waals surface area (Å²) in [5.41, 5.74) is 0. The molecule has 0 aromatic rings. The average molecular weight is 223 g/mol. The summed E-state index contributed by atoms with van der Waals surface area (Å²) in [6.45, 7) is 5.90. The van der Waals surface area contributed by atoms with Crippen molar-refractivity contribution in [2.75, 3.05) is 13.2 Å². The summed E-state index contributed by atoms with van der Waals surface area (Å²) in [6.07, 6.45) is 12.6. The van der Waals surface area contributed by atoms with Gasteiger partial charge in [0.1, 0.15) is 5.76 Å². The fraction of sp³-hybridized carbons (Fsp3) is 0.714. The zero-order chi connectivity index (χ0) is 11.6. The van der Waals surface area contributed by atoms with Crippen LogP contribution in [0.2, 0.25) is 0 Å². The van der Waals surface area contributed by atoms with Gasteiger partial charge in [0.05, 0.1) is 6.61 Å². The Hall–Kier alpha value is -0.760. The van der Waals surface area contributed by atoms with Gasteiger partial charge in [-0.15, -0.1) is 0 Å². The van der Waals surface area contributed by atoms with Gasteiger partial charge in [0.2, 0.25) is 0 Å². The van der Waals surface area contributed by atoms with E-state index in [-0.39, 0.29) is 0 Å². The second kappa shape index (κ2) is 8.40. The third-order valence-electron chi connectivity index (χ3n) is 2.99. The maximum Gasteiger partial charge on any atom is 0.114 e. The van der Waals surface area contributed by atoms with E-state index in [1.807, 2.05) is 32.1 Å². The summed E-state index contributed by atoms with van der Waals surface area (Å²) in [4.78, 5) is 0. The first-order valence-electron chi connectivity index (χ1n) is 6.52. The van der Waals surface area contributed by atoms with Crippen LogP contribution in [0, 0.1) is 0 Å². The van der Waals surface area contributed by atoms with Gasteiger partial charge in [-0.1, -0.05) is 18.9 Å². The lowest BCUT2D eigenvalue weighted by atomic mass is 10.2. The molecule has 1 aliphatic rings. The molecule has 0 amide bonds. The molecule has 1 aliphatic carbocycles. The predicted molar refractivity (Wildman–Crippen MR) is 69.4 cm³/mol. The van der Waals surface area contributed by atoms with Crippen molar-refractivity contribution in [2.24, 2.45) is 0 Å². The lowest BCUT2D eigenvalue weighted by Crippen LogP contribution is -2.27. The van der Waals surface area contributed by atoms with Gasteiger partial charge in [-0.2, -0.15) is 0 Å². The largest absolute Gasteiger partial charge is 0.494 e. The van der Waals surface area contributed by atoms with Crippen LogP contribution in [0.3, 0.4) is 0 Å². The average Bonchev–Trinajstić information content (AvgIpc) is 2.80. The number of rotatable bonds is 7. The van der Waals surface area contributed by atoms with E-state index < -0.39 is 0 Å². The number of hydrogen-bond acceptors (Lipinski definition) is 2. The first-order valence-corrected chi connectivity index (χ1v) is 6.52. The van der Waals surface area contributed by atoms with Crippen LogP contribution in [0.25, 0.3) is 0 Å². The van der Waals surface area contributed by atoms with Crippen molar-refractivity contribution in [3.8, 4) is 0 Å². The summed E-state index contributed by atoms with van der Waals surface area (Å²) < 4.78 is 5.63. The van der Waals surface area contributed by atoms with E-state index in [1.165, 1.54) is 25.7 Å². The van der Waals surface area contributed by atoms with Crippen LogP contribution in [0.4, 0.5) is 0 Å². The maximum atomic E-state index is 5.63. The SMILES string of the molecule is CC=CC(=CC)OCCCNC1CCCC1. The van der Waals surface area contributed by atoms with Gasteiger partial charge >= 0.3 is 0 Å². The van der Waals surface area contributed by atoms with Crippen molar-refractivity contribution in [3.05, 3.63) is 24.0 Å². The summed E-state index contributed by atoms with van der Waals surface area (Å²) in [6, 6.07) is 0.775. The number of allylic oxidation sites excluding steroid dienone is 3. The van der Waals surface area contributed by atoms with Gasteiger partial charge in [0, 0.05) is 6.04 Å². The molecule has 92 valence electrons. The molecule has 16 heavy (non-hydrogen) atoms. The molecule has 0 aromatic carbocycles. The smallest absolute Gasteiger partial charge is 0.114 e. The van der Waals surface area contributed by atoms with Gasteiger partial charge in [0.15, 0.2) is 0 Å². The highest BCUT2D eigenvalue weighted by atomic mass is 16.5. The fourth-order valence-corrected chi connectivity index (χ4v) is 2.09. The normalized spacial score (nSPS) is 18.5. The first kappa shape index (κ1) is 13.3. The van der Waals surface area contributed by atoms with Crippen molar-refractivity contribution >= 4 is 0 Å². The molecule has 0 atom stereocenters. The number of ether oxygens (including phenoxy) is 1. The molecule has 2 heteroatoms. The Morgan fingerprint density at radius 3 is 2.69 bits per heavy atom. The Labute approximate surface area is 99.8 Å². The maximum absolute atomic E-state index is 5.63. The quantitative estimate of drug-likeness (QED) is 0.406. The van der Waals surface area contributed by atoms with Crippen LogP contribution in [0.1, 0.15) is 46.0 Å². The van der Waals surface area contributed by atoms with Crippen LogP contribution >= 0.6 is 0 Å². The molecule has 0 saturated heterocycles. The summed E-state index contributed by atoms with van der Waals surface area (Å²) in [7, 11) is 0. The van der Waals surface area contributed by atoms with Crippen molar-refractivity contribution in [1.29, 1.82) is 0 Å². The molecule has 1 fully saturated rings. The van der Waals surface area contributed by atoms with Gasteiger partial charge in [-0.3, -0.25) is 0 Å². The molecule has 1 rings (SSSR count). The van der Waals surface area contributed by atoms with Crippen LogP contribution in [0.5, 0.6) is 0 Å². The van der Waals surface area contributed by atoms with E-state index in [1.54, 1.807) is 0 Å². The van der Waals surface area contributed by atoms with Crippen LogP contribution < -0.4 is 5.32 Å². The van der Waals surface area contributed by atoms with Crippen LogP contribution in [-0.4, -0.2) is 19.2 Å². The van der Waals surface area contributed by atoms with E-state index in [2.05, 4.69) is 5.32 Å². The Balaban J connectivity index is 1.98. The van der Waals surface area contributed by atoms with Gasteiger partial charge < -0.3 is 10.1 Å². The van der Waals surface area contributed by atoms with E-state index >= 15 is 0 Å². The van der Waals surface area contributed by atoms with E-state index in [9.17, 15) is 0 Å². The molecule has 0 unspecified atom stereocenters. The highest BCUT2D eigenvalue weighted by Crippen LogP contribution is 2.17. The molecule has 0 heterocycles. The van der Waals surface area contributed by atoms with Crippen molar-refractivity contribution in [2.45, 2.75) is 52.0 Å². The second-order valence-corrected chi connectivity index (χ2v) is 4.33. The first-order chi connectivity index (χ1) is 7.86. The molecule has 0 aliphatic heterocycles. The van der Waals surface area contributed by atoms with Crippen LogP contribution in [-0.2, 0) is 4.74 Å². The van der Waals surface area contributed by atoms with Crippen molar-refractivity contribution in [1.82, 2.24) is 5.32 Å². The summed E-state index contributed by atoms with van der Waals surface area (Å²) in [5, 5.41) is 3.59. The monoisotopic (exact) mass is 223 g/mol. The van der Waals surface area contributed by atoms with Gasteiger partial charge in [-0.05, 0) is 51.8 Å². The Morgan fingerprint density at radius 2 is 2.06 bits per heavy atom. The lowest BCUT2D eigenvalue weighted by molar-refractivity contribution is 0.217. The Bertz CT molecular complexity index is 227. The molecular formula is C14H25NO. The standard InChI is InChI=1S/C14H25NO/c1-3-8-14(4-2)16-12-7-11-15-13-9-5-6-10-13/h3-4,8,13,15H,5-7,9-12H2,1-2H3. The second-order valence-electron chi connectivity index (χ2n) is 4.33. The highest BCUT2D eigenvalue weighted by Gasteiger charge is 2.12. The van der Waals surface area contributed by atoms with Crippen molar-refractivity contribution in [3.63, 3.8) is 0 Å². The molecule has 1 saturated carbocycles. The molecule has 0 radical (unpaired) electrons. The van der Waals surface area contributed by atoms with E-state index in [0.717, 1.165) is 31.4 Å². The zero-order valence-electron chi connectivity index (χ0n) is 10.7. The van der Waals surface area contributed by atoms with E-state index in [4.69, 9.17) is 4.74 Å². The summed E-state index contributed by atoms with van der Waals surface area (Å²) in [5.74, 6) is 0.975. The predicted octanol–water partition coefficient (Wildman–Crippen LogP) is 3.41. The molecule has 2 nitrogen and oxygen atoms in total. The molecule has 0 spiro atoms. The van der Waals surface area contributed by atoms with Gasteiger partial charge in [0.25, 0.3) is 0 Å². The topological polar surface area (TPSA) is 21.3 Å². The molecule has 1 N–H and O–H groups in total. The zero-order valence-corrected chi connectivity index (χ0v) is 10.7. The Kier molecular flexibility index (Phi) is 6.98. The molecule has 0 aromatic heterocycles. The lowest BCUT2D eigenvalue weighted by Gasteiger charge is -2.12. The molecular weight excluding hydrogens is 198 g/mol. The van der Waals surface area contributed by atoms with Gasteiger partial charge in [-0.25, -0.2) is 0 Å². The Morgan fingerprint density at radius 1 is 1.31 bits per heavy atom. The number of hydrogen-bond donors (Lipinski definition) is 1. The fourth-order valence-electron chi connectivity index (χ4n) is 2.09. The van der Waals surface area contributed by atoms with Crippen LogP contribution in [0.15, 0.2) is 24.0 Å². The third-order valence-corrected chi connectivity index (χ3v) is 2.99. The third kappa shape index (κ3) is 5.36. The van der Waals surface area contributed by atoms with Crippen molar-refractivity contribution < 1.29 is 4.74 Å². The highest BCUT2D eigenvalue weighted by molar-refractivity contribution is 5.09.